The van der Waals surface area contributed by atoms with Crippen LogP contribution in [0.4, 0.5) is 5.82 Å². The zero-order valence-corrected chi connectivity index (χ0v) is 7.21. The standard InChI is InChI=1S/C7H8N6O/c8-1-6-12-7(14-13-6)4-2-11-5(9)3-10-4/h2-3H,1,8H2,(H2,9,11). The predicted octanol–water partition coefficient (Wildman–Crippen LogP) is -0.433. The molecule has 0 atom stereocenters. The molecular weight excluding hydrogens is 184 g/mol. The molecule has 0 aliphatic carbocycles. The van der Waals surface area contributed by atoms with Crippen LogP contribution in [0.2, 0.25) is 0 Å². The molecule has 0 bridgehead atoms. The normalized spacial score (nSPS) is 10.4. The highest BCUT2D eigenvalue weighted by molar-refractivity contribution is 5.45. The van der Waals surface area contributed by atoms with Gasteiger partial charge in [0, 0.05) is 0 Å². The Bertz CT molecular complexity index is 422. The summed E-state index contributed by atoms with van der Waals surface area (Å²) < 4.78 is 4.90. The van der Waals surface area contributed by atoms with Gasteiger partial charge in [0.15, 0.2) is 5.82 Å². The SMILES string of the molecule is NCc1noc(-c2cnc(N)cn2)n1. The van der Waals surface area contributed by atoms with Crippen LogP contribution < -0.4 is 11.5 Å². The van der Waals surface area contributed by atoms with Gasteiger partial charge in [0.05, 0.1) is 18.9 Å². The Morgan fingerprint density at radius 3 is 2.71 bits per heavy atom. The number of hydrogen-bond donors (Lipinski definition) is 2. The van der Waals surface area contributed by atoms with Gasteiger partial charge < -0.3 is 16.0 Å². The Kier molecular flexibility index (Phi) is 2.07. The first kappa shape index (κ1) is 8.57. The van der Waals surface area contributed by atoms with E-state index in [1.54, 1.807) is 0 Å². The third kappa shape index (κ3) is 1.52. The van der Waals surface area contributed by atoms with E-state index in [9.17, 15) is 0 Å². The third-order valence-electron chi connectivity index (χ3n) is 1.54. The van der Waals surface area contributed by atoms with Crippen molar-refractivity contribution in [2.45, 2.75) is 6.54 Å². The lowest BCUT2D eigenvalue weighted by Gasteiger charge is -1.92. The monoisotopic (exact) mass is 192 g/mol. The van der Waals surface area contributed by atoms with Crippen LogP contribution in [-0.2, 0) is 6.54 Å². The van der Waals surface area contributed by atoms with E-state index < -0.39 is 0 Å². The summed E-state index contributed by atoms with van der Waals surface area (Å²) in [6, 6.07) is 0. The largest absolute Gasteiger partial charge is 0.382 e. The van der Waals surface area contributed by atoms with E-state index in [0.29, 0.717) is 17.3 Å². The summed E-state index contributed by atoms with van der Waals surface area (Å²) in [5, 5.41) is 3.62. The molecule has 0 radical (unpaired) electrons. The van der Waals surface area contributed by atoms with Crippen molar-refractivity contribution < 1.29 is 4.52 Å². The maximum absolute atomic E-state index is 5.38. The van der Waals surface area contributed by atoms with Crippen molar-refractivity contribution in [3.05, 3.63) is 18.2 Å². The molecule has 2 aromatic heterocycles. The molecule has 0 spiro atoms. The quantitative estimate of drug-likeness (QED) is 0.662. The van der Waals surface area contributed by atoms with Gasteiger partial charge >= 0.3 is 0 Å². The third-order valence-corrected chi connectivity index (χ3v) is 1.54. The number of aromatic nitrogens is 4. The summed E-state index contributed by atoms with van der Waals surface area (Å²) >= 11 is 0. The molecule has 2 heterocycles. The van der Waals surface area contributed by atoms with Crippen molar-refractivity contribution in [2.75, 3.05) is 5.73 Å². The minimum atomic E-state index is 0.228. The summed E-state index contributed by atoms with van der Waals surface area (Å²) in [6.45, 7) is 0.228. The smallest absolute Gasteiger partial charge is 0.278 e. The number of nitrogen functional groups attached to an aromatic ring is 1. The van der Waals surface area contributed by atoms with Crippen LogP contribution in [0.3, 0.4) is 0 Å². The van der Waals surface area contributed by atoms with Gasteiger partial charge in [-0.15, -0.1) is 0 Å². The van der Waals surface area contributed by atoms with E-state index in [1.807, 2.05) is 0 Å². The van der Waals surface area contributed by atoms with Crippen LogP contribution in [0.25, 0.3) is 11.6 Å². The first-order valence-electron chi connectivity index (χ1n) is 3.90. The van der Waals surface area contributed by atoms with E-state index in [1.165, 1.54) is 12.4 Å². The zero-order chi connectivity index (χ0) is 9.97. The molecule has 0 aliphatic rings. The fourth-order valence-corrected chi connectivity index (χ4v) is 0.889. The second-order valence-electron chi connectivity index (χ2n) is 2.55. The van der Waals surface area contributed by atoms with Crippen LogP contribution in [-0.4, -0.2) is 20.1 Å². The average Bonchev–Trinajstić information content (AvgIpc) is 2.67. The number of nitrogens with two attached hydrogens (primary N) is 2. The minimum absolute atomic E-state index is 0.228. The Labute approximate surface area is 79.2 Å². The lowest BCUT2D eigenvalue weighted by Crippen LogP contribution is -1.98. The summed E-state index contributed by atoms with van der Waals surface area (Å²) in [5.74, 6) is 1.06. The van der Waals surface area contributed by atoms with Gasteiger partial charge in [0.2, 0.25) is 0 Å². The molecule has 2 aromatic rings. The molecule has 2 rings (SSSR count). The van der Waals surface area contributed by atoms with Crippen molar-refractivity contribution in [1.29, 1.82) is 0 Å². The van der Waals surface area contributed by atoms with Crippen molar-refractivity contribution in [3.8, 4) is 11.6 Å². The second-order valence-corrected chi connectivity index (χ2v) is 2.55. The zero-order valence-electron chi connectivity index (χ0n) is 7.21. The van der Waals surface area contributed by atoms with Gasteiger partial charge in [0.25, 0.3) is 5.89 Å². The maximum Gasteiger partial charge on any atom is 0.278 e. The maximum atomic E-state index is 5.38. The average molecular weight is 192 g/mol. The van der Waals surface area contributed by atoms with E-state index in [4.69, 9.17) is 16.0 Å². The highest BCUT2D eigenvalue weighted by atomic mass is 16.5. The van der Waals surface area contributed by atoms with Gasteiger partial charge in [-0.2, -0.15) is 4.98 Å². The molecule has 0 aliphatic heterocycles. The highest BCUT2D eigenvalue weighted by Crippen LogP contribution is 2.12. The van der Waals surface area contributed by atoms with Crippen molar-refractivity contribution in [2.24, 2.45) is 5.73 Å². The van der Waals surface area contributed by atoms with Crippen LogP contribution in [0.15, 0.2) is 16.9 Å². The molecular formula is C7H8N6O. The van der Waals surface area contributed by atoms with Gasteiger partial charge in [-0.25, -0.2) is 9.97 Å². The predicted molar refractivity (Wildman–Crippen MR) is 47.6 cm³/mol. The van der Waals surface area contributed by atoms with Crippen molar-refractivity contribution in [3.63, 3.8) is 0 Å². The van der Waals surface area contributed by atoms with Crippen LogP contribution in [0.5, 0.6) is 0 Å². The first-order chi connectivity index (χ1) is 6.79. The number of nitrogens with zero attached hydrogens (tertiary/aromatic N) is 4. The van der Waals surface area contributed by atoms with Gasteiger partial charge in [-0.05, 0) is 0 Å². The summed E-state index contributed by atoms with van der Waals surface area (Å²) in [5.41, 5.74) is 11.2. The van der Waals surface area contributed by atoms with Gasteiger partial charge in [-0.3, -0.25) is 0 Å². The summed E-state index contributed by atoms with van der Waals surface area (Å²) in [7, 11) is 0. The van der Waals surface area contributed by atoms with Crippen LogP contribution >= 0.6 is 0 Å². The number of rotatable bonds is 2. The van der Waals surface area contributed by atoms with E-state index in [0.717, 1.165) is 0 Å². The Hall–Kier alpha value is -2.02. The molecule has 0 fully saturated rings. The fourth-order valence-electron chi connectivity index (χ4n) is 0.889. The fraction of sp³-hybridized carbons (Fsp3) is 0.143. The molecule has 0 aromatic carbocycles. The van der Waals surface area contributed by atoms with Crippen molar-refractivity contribution in [1.82, 2.24) is 20.1 Å². The van der Waals surface area contributed by atoms with Gasteiger partial charge in [-0.1, -0.05) is 5.16 Å². The first-order valence-corrected chi connectivity index (χ1v) is 3.90. The molecule has 0 saturated carbocycles. The topological polar surface area (TPSA) is 117 Å². The molecule has 4 N–H and O–H groups in total. The highest BCUT2D eigenvalue weighted by Gasteiger charge is 2.08. The Morgan fingerprint density at radius 2 is 2.14 bits per heavy atom. The molecule has 7 nitrogen and oxygen atoms in total. The van der Waals surface area contributed by atoms with E-state index in [2.05, 4.69) is 20.1 Å². The molecule has 14 heavy (non-hydrogen) atoms. The van der Waals surface area contributed by atoms with E-state index in [-0.39, 0.29) is 12.4 Å². The summed E-state index contributed by atoms with van der Waals surface area (Å²) in [6.07, 6.45) is 2.88. The van der Waals surface area contributed by atoms with Crippen LogP contribution in [0.1, 0.15) is 5.82 Å². The molecule has 0 unspecified atom stereocenters. The van der Waals surface area contributed by atoms with Gasteiger partial charge in [0.1, 0.15) is 11.5 Å². The van der Waals surface area contributed by atoms with Crippen LogP contribution in [0, 0.1) is 0 Å². The molecule has 0 amide bonds. The number of anilines is 1. The Balaban J connectivity index is 2.34. The van der Waals surface area contributed by atoms with E-state index >= 15 is 0 Å². The minimum Gasteiger partial charge on any atom is -0.382 e. The number of hydrogen-bond acceptors (Lipinski definition) is 7. The lowest BCUT2D eigenvalue weighted by atomic mass is 10.4. The second kappa shape index (κ2) is 3.38. The summed E-state index contributed by atoms with van der Waals surface area (Å²) in [4.78, 5) is 11.8. The lowest BCUT2D eigenvalue weighted by molar-refractivity contribution is 0.421. The molecule has 7 heteroatoms. The molecule has 72 valence electrons. The Morgan fingerprint density at radius 1 is 1.29 bits per heavy atom. The van der Waals surface area contributed by atoms with Crippen molar-refractivity contribution >= 4 is 5.82 Å². The molecule has 0 saturated heterocycles.